The molecule has 0 amide bonds. The maximum atomic E-state index is 13.5. The first kappa shape index (κ1) is 13.8. The van der Waals surface area contributed by atoms with Crippen LogP contribution in [0.15, 0.2) is 18.2 Å². The molecule has 0 saturated heterocycles. The Morgan fingerprint density at radius 3 is 2.41 bits per heavy atom. The molecular weight excluding hydrogens is 236 g/mol. The normalized spacial score (nSPS) is 11.6. The lowest BCUT2D eigenvalue weighted by Crippen LogP contribution is -2.24. The molecule has 0 unspecified atom stereocenters. The van der Waals surface area contributed by atoms with E-state index in [1.165, 1.54) is 24.1 Å². The molecule has 0 fully saturated rings. The number of hydrogen-bond donors (Lipinski definition) is 1. The average Bonchev–Trinajstić information content (AvgIpc) is 2.24. The van der Waals surface area contributed by atoms with Crippen LogP contribution in [-0.2, 0) is 6.54 Å². The fourth-order valence-corrected chi connectivity index (χ4v) is 1.40. The molecular formula is C11H14F4N2. The number of alkyl halides is 3. The monoisotopic (exact) mass is 250 g/mol. The summed E-state index contributed by atoms with van der Waals surface area (Å²) in [7, 11) is 1.42. The van der Waals surface area contributed by atoms with Gasteiger partial charge in [-0.2, -0.15) is 13.2 Å². The van der Waals surface area contributed by atoms with Crippen molar-refractivity contribution in [3.63, 3.8) is 0 Å². The highest BCUT2D eigenvalue weighted by molar-refractivity contribution is 5.48. The first-order valence-electron chi connectivity index (χ1n) is 5.10. The van der Waals surface area contributed by atoms with Gasteiger partial charge >= 0.3 is 6.18 Å². The molecule has 0 aliphatic heterocycles. The lowest BCUT2D eigenvalue weighted by molar-refractivity contribution is -0.132. The SMILES string of the molecule is CN(CCC(F)(F)F)c1ccc(CN)cc1F. The van der Waals surface area contributed by atoms with Gasteiger partial charge in [-0.05, 0) is 17.7 Å². The summed E-state index contributed by atoms with van der Waals surface area (Å²) in [6, 6.07) is 4.27. The van der Waals surface area contributed by atoms with E-state index in [0.29, 0.717) is 5.56 Å². The maximum Gasteiger partial charge on any atom is 0.390 e. The van der Waals surface area contributed by atoms with E-state index in [2.05, 4.69) is 0 Å². The molecule has 96 valence electrons. The largest absolute Gasteiger partial charge is 0.390 e. The van der Waals surface area contributed by atoms with Crippen molar-refractivity contribution in [3.05, 3.63) is 29.6 Å². The van der Waals surface area contributed by atoms with Gasteiger partial charge in [-0.1, -0.05) is 6.07 Å². The summed E-state index contributed by atoms with van der Waals surface area (Å²) in [6.45, 7) is -0.0775. The van der Waals surface area contributed by atoms with E-state index in [1.54, 1.807) is 6.07 Å². The van der Waals surface area contributed by atoms with Crippen molar-refractivity contribution < 1.29 is 17.6 Å². The van der Waals surface area contributed by atoms with Crippen LogP contribution in [0.4, 0.5) is 23.2 Å². The van der Waals surface area contributed by atoms with E-state index < -0.39 is 18.4 Å². The maximum absolute atomic E-state index is 13.5. The molecule has 0 aliphatic rings. The summed E-state index contributed by atoms with van der Waals surface area (Å²) in [5, 5.41) is 0. The highest BCUT2D eigenvalue weighted by Gasteiger charge is 2.27. The zero-order valence-electron chi connectivity index (χ0n) is 9.39. The highest BCUT2D eigenvalue weighted by Crippen LogP contribution is 2.23. The van der Waals surface area contributed by atoms with Crippen molar-refractivity contribution in [1.29, 1.82) is 0 Å². The molecule has 0 aliphatic carbocycles. The molecule has 1 rings (SSSR count). The summed E-state index contributed by atoms with van der Waals surface area (Å²) in [4.78, 5) is 1.24. The van der Waals surface area contributed by atoms with Gasteiger partial charge in [0.2, 0.25) is 0 Å². The van der Waals surface area contributed by atoms with Crippen LogP contribution in [0.3, 0.4) is 0 Å². The van der Waals surface area contributed by atoms with Crippen LogP contribution in [0.25, 0.3) is 0 Å². The van der Waals surface area contributed by atoms with Gasteiger partial charge in [-0.3, -0.25) is 0 Å². The van der Waals surface area contributed by atoms with E-state index in [9.17, 15) is 17.6 Å². The number of nitrogens with zero attached hydrogens (tertiary/aromatic N) is 1. The van der Waals surface area contributed by atoms with Crippen LogP contribution in [0.5, 0.6) is 0 Å². The fraction of sp³-hybridized carbons (Fsp3) is 0.455. The lowest BCUT2D eigenvalue weighted by Gasteiger charge is -2.21. The Kier molecular flexibility index (Phi) is 4.34. The smallest absolute Gasteiger partial charge is 0.372 e. The van der Waals surface area contributed by atoms with Gasteiger partial charge in [0.15, 0.2) is 0 Å². The first-order valence-corrected chi connectivity index (χ1v) is 5.10. The molecule has 0 spiro atoms. The summed E-state index contributed by atoms with van der Waals surface area (Å²) >= 11 is 0. The van der Waals surface area contributed by atoms with Gasteiger partial charge in [0, 0.05) is 20.1 Å². The minimum absolute atomic E-state index is 0.145. The van der Waals surface area contributed by atoms with Crippen molar-refractivity contribution >= 4 is 5.69 Å². The van der Waals surface area contributed by atoms with Crippen LogP contribution in [0, 0.1) is 5.82 Å². The minimum atomic E-state index is -4.23. The quantitative estimate of drug-likeness (QED) is 0.832. The fourth-order valence-electron chi connectivity index (χ4n) is 1.40. The summed E-state index contributed by atoms with van der Waals surface area (Å²) in [5.74, 6) is -0.558. The number of anilines is 1. The lowest BCUT2D eigenvalue weighted by atomic mass is 10.2. The Labute approximate surface area is 97.0 Å². The zero-order valence-corrected chi connectivity index (χ0v) is 9.39. The number of benzene rings is 1. The Balaban J connectivity index is 2.72. The van der Waals surface area contributed by atoms with Gasteiger partial charge in [0.05, 0.1) is 12.1 Å². The molecule has 0 atom stereocenters. The van der Waals surface area contributed by atoms with Crippen molar-refractivity contribution in [2.45, 2.75) is 19.1 Å². The summed E-state index contributed by atoms with van der Waals surface area (Å²) in [5.41, 5.74) is 6.08. The zero-order chi connectivity index (χ0) is 13.1. The molecule has 0 heterocycles. The van der Waals surface area contributed by atoms with Crippen LogP contribution in [0.1, 0.15) is 12.0 Å². The first-order chi connectivity index (χ1) is 7.83. The highest BCUT2D eigenvalue weighted by atomic mass is 19.4. The van der Waals surface area contributed by atoms with E-state index in [1.807, 2.05) is 0 Å². The molecule has 2 N–H and O–H groups in total. The molecule has 6 heteroatoms. The molecule has 1 aromatic rings. The molecule has 0 radical (unpaired) electrons. The molecule has 2 nitrogen and oxygen atoms in total. The third-order valence-corrected chi connectivity index (χ3v) is 2.39. The molecule has 0 aromatic heterocycles. The van der Waals surface area contributed by atoms with Crippen molar-refractivity contribution in [2.24, 2.45) is 5.73 Å². The van der Waals surface area contributed by atoms with Gasteiger partial charge in [0.25, 0.3) is 0 Å². The average molecular weight is 250 g/mol. The second-order valence-electron chi connectivity index (χ2n) is 3.78. The van der Waals surface area contributed by atoms with Gasteiger partial charge in [-0.25, -0.2) is 4.39 Å². The molecule has 0 saturated carbocycles. The second-order valence-corrected chi connectivity index (χ2v) is 3.78. The predicted octanol–water partition coefficient (Wildman–Crippen LogP) is 2.67. The molecule has 0 bridgehead atoms. The molecule has 1 aromatic carbocycles. The van der Waals surface area contributed by atoms with Crippen LogP contribution in [-0.4, -0.2) is 19.8 Å². The van der Waals surface area contributed by atoms with E-state index in [0.717, 1.165) is 0 Å². The number of nitrogens with two attached hydrogens (primary N) is 1. The van der Waals surface area contributed by atoms with Gasteiger partial charge in [0.1, 0.15) is 5.82 Å². The number of hydrogen-bond acceptors (Lipinski definition) is 2. The van der Waals surface area contributed by atoms with E-state index >= 15 is 0 Å². The topological polar surface area (TPSA) is 29.3 Å². The second kappa shape index (κ2) is 5.35. The van der Waals surface area contributed by atoms with Crippen molar-refractivity contribution in [2.75, 3.05) is 18.5 Å². The summed E-state index contributed by atoms with van der Waals surface area (Å²) in [6.07, 6.45) is -5.20. The van der Waals surface area contributed by atoms with Crippen molar-refractivity contribution in [1.82, 2.24) is 0 Å². The standard InChI is InChI=1S/C11H14F4N2/c1-17(5-4-11(13,14)15)10-3-2-8(7-16)6-9(10)12/h2-3,6H,4-5,7,16H2,1H3. The molecule has 17 heavy (non-hydrogen) atoms. The predicted molar refractivity (Wildman–Crippen MR) is 58.2 cm³/mol. The summed E-state index contributed by atoms with van der Waals surface area (Å²) < 4.78 is 49.6. The third-order valence-electron chi connectivity index (χ3n) is 2.39. The Bertz CT molecular complexity index is 376. The third kappa shape index (κ3) is 4.22. The van der Waals surface area contributed by atoms with E-state index in [4.69, 9.17) is 5.73 Å². The van der Waals surface area contributed by atoms with Crippen LogP contribution in [0.2, 0.25) is 0 Å². The number of halogens is 4. The van der Waals surface area contributed by atoms with Crippen molar-refractivity contribution in [3.8, 4) is 0 Å². The van der Waals surface area contributed by atoms with E-state index in [-0.39, 0.29) is 18.8 Å². The van der Waals surface area contributed by atoms with Crippen LogP contribution < -0.4 is 10.6 Å². The Morgan fingerprint density at radius 2 is 1.94 bits per heavy atom. The van der Waals surface area contributed by atoms with Crippen LogP contribution >= 0.6 is 0 Å². The minimum Gasteiger partial charge on any atom is -0.372 e. The van der Waals surface area contributed by atoms with Gasteiger partial charge < -0.3 is 10.6 Å². The Hall–Kier alpha value is -1.30. The number of rotatable bonds is 4. The van der Waals surface area contributed by atoms with Gasteiger partial charge in [-0.15, -0.1) is 0 Å². The Morgan fingerprint density at radius 1 is 1.29 bits per heavy atom.